The lowest BCUT2D eigenvalue weighted by Gasteiger charge is -2.48. The number of hydrogen-bond acceptors (Lipinski definition) is 18. The number of aliphatic hydroxyl groups is 5. The molecule has 74 heavy (non-hydrogen) atoms. The third-order valence-corrected chi connectivity index (χ3v) is 14.8. The molecule has 0 radical (unpaired) electrons. The van der Waals surface area contributed by atoms with Crippen LogP contribution in [0.15, 0.2) is 67.0 Å². The number of benzene rings is 2. The third kappa shape index (κ3) is 13.1. The van der Waals surface area contributed by atoms with Crippen LogP contribution in [0, 0.1) is 27.9 Å². The van der Waals surface area contributed by atoms with Crippen molar-refractivity contribution in [3.05, 3.63) is 88.4 Å². The van der Waals surface area contributed by atoms with E-state index in [-0.39, 0.29) is 48.9 Å². The molecule has 23 nitrogen and oxygen atoms in total. The Hall–Kier alpha value is -5.47. The van der Waals surface area contributed by atoms with Crippen molar-refractivity contribution in [3.63, 3.8) is 0 Å². The van der Waals surface area contributed by atoms with Gasteiger partial charge in [-0.25, -0.2) is 9.59 Å². The van der Waals surface area contributed by atoms with E-state index in [4.69, 9.17) is 28.4 Å². The second-order valence-electron chi connectivity index (χ2n) is 20.1. The summed E-state index contributed by atoms with van der Waals surface area (Å²) in [6, 6.07) is 14.5. The van der Waals surface area contributed by atoms with Crippen LogP contribution in [0.4, 0.5) is 5.69 Å². The first kappa shape index (κ1) is 54.8. The summed E-state index contributed by atoms with van der Waals surface area (Å²) in [5.41, 5.74) is 1.70. The molecule has 2 aliphatic heterocycles. The van der Waals surface area contributed by atoms with Gasteiger partial charge in [-0.05, 0) is 75.1 Å². The molecule has 23 heteroatoms. The molecule has 2 aliphatic carbocycles. The van der Waals surface area contributed by atoms with Gasteiger partial charge in [0, 0.05) is 54.4 Å². The summed E-state index contributed by atoms with van der Waals surface area (Å²) < 4.78 is 41.1. The molecule has 4 heterocycles. The normalized spacial score (nSPS) is 31.2. The fourth-order valence-corrected chi connectivity index (χ4v) is 10.7. The van der Waals surface area contributed by atoms with E-state index < -0.39 is 115 Å². The van der Waals surface area contributed by atoms with Crippen molar-refractivity contribution in [2.24, 2.45) is 17.8 Å². The summed E-state index contributed by atoms with van der Waals surface area (Å²) in [6.45, 7) is 3.83. The minimum atomic E-state index is -1.71. The van der Waals surface area contributed by atoms with Crippen LogP contribution in [0.2, 0.25) is 0 Å². The van der Waals surface area contributed by atoms with E-state index in [1.54, 1.807) is 35.9 Å². The second kappa shape index (κ2) is 24.9. The second-order valence-corrected chi connectivity index (χ2v) is 20.1. The minimum absolute atomic E-state index is 0.0192. The Morgan fingerprint density at radius 2 is 1.66 bits per heavy atom. The summed E-state index contributed by atoms with van der Waals surface area (Å²) in [6.07, 6.45) is -9.30. The number of nitrogens with zero attached hydrogens (tertiary/aromatic N) is 5. The fraction of sp³-hybridized carbons (Fsp3) is 0.627. The molecule has 15 unspecified atom stereocenters. The highest BCUT2D eigenvalue weighted by atomic mass is 16.7. The molecule has 7 N–H and O–H groups in total. The molecule has 4 fully saturated rings. The number of hydrogen-bond donors (Lipinski definition) is 7. The molecule has 15 atom stereocenters. The van der Waals surface area contributed by atoms with Gasteiger partial charge in [-0.3, -0.25) is 19.6 Å². The van der Waals surface area contributed by atoms with Gasteiger partial charge in [-0.1, -0.05) is 62.4 Å². The Balaban J connectivity index is 0.976. The zero-order valence-corrected chi connectivity index (χ0v) is 41.4. The highest BCUT2D eigenvalue weighted by Gasteiger charge is 2.54. The Labute approximate surface area is 426 Å². The third-order valence-electron chi connectivity index (χ3n) is 14.8. The molecular weight excluding hydrogens is 969 g/mol. The summed E-state index contributed by atoms with van der Waals surface area (Å²) in [5, 5.41) is 88.5. The van der Waals surface area contributed by atoms with Crippen LogP contribution in [-0.2, 0) is 57.5 Å². The average molecular weight is 1040 g/mol. The lowest BCUT2D eigenvalue weighted by molar-refractivity contribution is -0.384. The molecule has 0 spiro atoms. The number of non-ortho nitro benzene ring substituents is 1. The van der Waals surface area contributed by atoms with Crippen LogP contribution in [0.25, 0.3) is 10.9 Å². The van der Waals surface area contributed by atoms with Gasteiger partial charge in [0.1, 0.15) is 36.6 Å². The summed E-state index contributed by atoms with van der Waals surface area (Å²) in [7, 11) is 0. The molecule has 0 bridgehead atoms. The molecule has 2 saturated heterocycles. The van der Waals surface area contributed by atoms with E-state index in [1.807, 2.05) is 23.0 Å². The van der Waals surface area contributed by atoms with Gasteiger partial charge in [0.15, 0.2) is 24.8 Å². The maximum Gasteiger partial charge on any atom is 0.338 e. The van der Waals surface area contributed by atoms with E-state index in [9.17, 15) is 55.1 Å². The molecule has 8 rings (SSSR count). The number of rotatable bonds is 21. The number of aryl methyl sites for hydroxylation is 3. The number of carbonyl (C=O) groups is 3. The van der Waals surface area contributed by atoms with Crippen molar-refractivity contribution < 1.29 is 78.4 Å². The maximum atomic E-state index is 14.1. The largest absolute Gasteiger partial charge is 0.479 e. The smallest absolute Gasteiger partial charge is 0.338 e. The fourth-order valence-electron chi connectivity index (χ4n) is 10.7. The quantitative estimate of drug-likeness (QED) is 0.0273. The molecule has 2 aromatic heterocycles. The number of carboxylic acid groups (broad SMARTS) is 1. The molecule has 4 aliphatic rings. The van der Waals surface area contributed by atoms with Gasteiger partial charge < -0.3 is 68.9 Å². The SMILES string of the molecule is CC1CC(C(=O)NCCCc2cn(CCn3ccc4cc([N+](=O)[O-])ccc43)nn2)CC(OC2OC(CO)C(O)C(OC(CC3CCCCC3)C(=O)O)C2OC(=O)c2ccccc2)C1OC1OC(C)C(O)C(O)C1O. The van der Waals surface area contributed by atoms with Crippen LogP contribution in [0.3, 0.4) is 0 Å². The molecule has 404 valence electrons. The zero-order valence-electron chi connectivity index (χ0n) is 41.4. The number of fused-ring (bicyclic) bond motifs is 1. The van der Waals surface area contributed by atoms with Crippen molar-refractivity contribution in [2.75, 3.05) is 13.2 Å². The van der Waals surface area contributed by atoms with Crippen molar-refractivity contribution in [3.8, 4) is 0 Å². The van der Waals surface area contributed by atoms with Crippen molar-refractivity contribution >= 4 is 34.4 Å². The van der Waals surface area contributed by atoms with E-state index >= 15 is 0 Å². The Morgan fingerprint density at radius 1 is 0.892 bits per heavy atom. The van der Waals surface area contributed by atoms with E-state index in [0.717, 1.165) is 43.0 Å². The predicted octanol–water partition coefficient (Wildman–Crippen LogP) is 2.65. The van der Waals surface area contributed by atoms with Gasteiger partial charge in [0.05, 0.1) is 47.6 Å². The first-order chi connectivity index (χ1) is 35.6. The summed E-state index contributed by atoms with van der Waals surface area (Å²) in [5.74, 6) is -3.68. The number of carboxylic acids is 1. The number of ether oxygens (including phenoxy) is 6. The number of carbonyl (C=O) groups excluding carboxylic acids is 2. The number of nitro benzene ring substituents is 1. The van der Waals surface area contributed by atoms with Crippen LogP contribution < -0.4 is 5.32 Å². The van der Waals surface area contributed by atoms with E-state index in [2.05, 4.69) is 15.6 Å². The lowest BCUT2D eigenvalue weighted by atomic mass is 9.77. The van der Waals surface area contributed by atoms with E-state index in [0.29, 0.717) is 31.6 Å². The molecule has 1 amide bonds. The lowest BCUT2D eigenvalue weighted by Crippen LogP contribution is -2.64. The zero-order chi connectivity index (χ0) is 52.6. The monoisotopic (exact) mass is 1040 g/mol. The van der Waals surface area contributed by atoms with Crippen molar-refractivity contribution in [2.45, 2.75) is 171 Å². The number of aliphatic carboxylic acids is 1. The molecular formula is C51H68N6O17. The number of aromatic nitrogens is 4. The molecule has 4 aromatic rings. The van der Waals surface area contributed by atoms with Crippen LogP contribution >= 0.6 is 0 Å². The molecule has 2 aromatic carbocycles. The highest BCUT2D eigenvalue weighted by molar-refractivity contribution is 5.89. The standard InChI is InChI=1S/C51H68N6O17/c1-28-22-33(47(63)52-18-9-14-34-26-56(54-53-34)21-20-55-19-17-32-24-35(57(67)68)15-16-36(32)55)25-37(44(28)74-50-43(62)42(61)40(59)29(2)69-50)71-51-46(73-49(66)31-12-7-4-8-13-31)45(41(60)39(27-58)72-51)70-38(48(64)65)23-30-10-5-3-6-11-30/h4,7-8,12-13,15-17,19,24,26,28-30,33,37-46,50-51,58-62H,3,5-6,9-11,14,18,20-23,25,27H2,1-2H3,(H,52,63)(H,64,65). The molecule has 2 saturated carbocycles. The highest BCUT2D eigenvalue weighted by Crippen LogP contribution is 2.39. The van der Waals surface area contributed by atoms with Crippen LogP contribution in [0.1, 0.15) is 87.7 Å². The van der Waals surface area contributed by atoms with Crippen LogP contribution in [0.5, 0.6) is 0 Å². The Morgan fingerprint density at radius 3 is 2.39 bits per heavy atom. The van der Waals surface area contributed by atoms with Gasteiger partial charge >= 0.3 is 11.9 Å². The van der Waals surface area contributed by atoms with Crippen molar-refractivity contribution in [1.29, 1.82) is 0 Å². The first-order valence-corrected chi connectivity index (χ1v) is 25.6. The van der Waals surface area contributed by atoms with Crippen molar-refractivity contribution in [1.82, 2.24) is 24.9 Å². The first-order valence-electron chi connectivity index (χ1n) is 25.6. The number of amides is 1. The number of nitro groups is 1. The number of nitrogens with one attached hydrogen (secondary N) is 1. The summed E-state index contributed by atoms with van der Waals surface area (Å²) in [4.78, 5) is 51.5. The Bertz CT molecular complexity index is 2510. The maximum absolute atomic E-state index is 14.1. The average Bonchev–Trinajstić information content (AvgIpc) is 4.04. The van der Waals surface area contributed by atoms with Gasteiger partial charge in [0.2, 0.25) is 5.91 Å². The summed E-state index contributed by atoms with van der Waals surface area (Å²) >= 11 is 0. The van der Waals surface area contributed by atoms with Gasteiger partial charge in [0.25, 0.3) is 5.69 Å². The van der Waals surface area contributed by atoms with E-state index in [1.165, 1.54) is 31.2 Å². The van der Waals surface area contributed by atoms with Crippen LogP contribution in [-0.4, -0.2) is 166 Å². The topological polar surface area (TPSA) is 319 Å². The minimum Gasteiger partial charge on any atom is -0.479 e. The number of aliphatic hydroxyl groups excluding tert-OH is 5. The van der Waals surface area contributed by atoms with Gasteiger partial charge in [-0.15, -0.1) is 5.10 Å². The number of esters is 1. The predicted molar refractivity (Wildman–Crippen MR) is 259 cm³/mol. The van der Waals surface area contributed by atoms with Gasteiger partial charge in [-0.2, -0.15) is 0 Å². The Kier molecular flexibility index (Phi) is 18.4.